The topological polar surface area (TPSA) is 54.2 Å². The van der Waals surface area contributed by atoms with Crippen molar-refractivity contribution in [1.29, 1.82) is 0 Å². The Balaban J connectivity index is 1.45. The lowest BCUT2D eigenvalue weighted by atomic mass is 10.0. The Morgan fingerprint density at radius 2 is 2.08 bits per heavy atom. The number of imidazole rings is 1. The molecule has 3 aromatic heterocycles. The van der Waals surface area contributed by atoms with Crippen molar-refractivity contribution in [1.82, 2.24) is 19.7 Å². The Morgan fingerprint density at radius 3 is 2.92 bits per heavy atom. The van der Waals surface area contributed by atoms with Gasteiger partial charge in [0.1, 0.15) is 11.5 Å². The predicted octanol–water partition coefficient (Wildman–Crippen LogP) is 3.83. The lowest BCUT2D eigenvalue weighted by molar-refractivity contribution is 0.396. The second-order valence-electron chi connectivity index (χ2n) is 7.74. The van der Waals surface area contributed by atoms with Crippen LogP contribution in [-0.2, 0) is 0 Å². The van der Waals surface area contributed by atoms with Crippen molar-refractivity contribution in [2.24, 2.45) is 0 Å². The first-order valence-corrected chi connectivity index (χ1v) is 9.70. The monoisotopic (exact) mass is 347 g/mol. The van der Waals surface area contributed by atoms with Crippen LogP contribution in [0.3, 0.4) is 0 Å². The molecule has 1 aliphatic heterocycles. The molecule has 2 N–H and O–H groups in total. The molecular weight excluding hydrogens is 322 g/mol. The van der Waals surface area contributed by atoms with Gasteiger partial charge in [0.2, 0.25) is 0 Å². The van der Waals surface area contributed by atoms with Crippen molar-refractivity contribution < 1.29 is 0 Å². The fraction of sp³-hybridized carbons (Fsp3) is 0.429. The molecule has 4 heterocycles. The Kier molecular flexibility index (Phi) is 3.89. The molecule has 5 heteroatoms. The molecule has 1 aliphatic carbocycles. The second-order valence-corrected chi connectivity index (χ2v) is 7.74. The third-order valence-electron chi connectivity index (χ3n) is 5.56. The van der Waals surface area contributed by atoms with Crippen LogP contribution in [0.5, 0.6) is 0 Å². The van der Waals surface area contributed by atoms with Gasteiger partial charge in [-0.1, -0.05) is 12.1 Å². The molecule has 5 nitrogen and oxygen atoms in total. The van der Waals surface area contributed by atoms with E-state index in [2.05, 4.69) is 63.5 Å². The van der Waals surface area contributed by atoms with Crippen molar-refractivity contribution in [3.63, 3.8) is 0 Å². The van der Waals surface area contributed by atoms with Gasteiger partial charge < -0.3 is 10.6 Å². The van der Waals surface area contributed by atoms with Crippen molar-refractivity contribution in [2.45, 2.75) is 50.6 Å². The summed E-state index contributed by atoms with van der Waals surface area (Å²) in [4.78, 5) is 9.45. The van der Waals surface area contributed by atoms with Crippen molar-refractivity contribution in [3.8, 4) is 11.4 Å². The van der Waals surface area contributed by atoms with Crippen LogP contribution in [0.2, 0.25) is 0 Å². The standard InChI is InChI=1S/C21H25N5/c1-14-11-17(9-10-22-14)24-20-4-2-3-18(25-20)19-12-23-21-8-7-16(13-26(19)21)15-5-6-15/h2-4,7-8,12-15,17,22H,5-6,9-11H2,1H3,(H,24,25)/t14-,17-/m0/s1. The van der Waals surface area contributed by atoms with E-state index >= 15 is 0 Å². The summed E-state index contributed by atoms with van der Waals surface area (Å²) in [6, 6.07) is 11.6. The van der Waals surface area contributed by atoms with Crippen molar-refractivity contribution in [3.05, 3.63) is 48.3 Å². The Bertz CT molecular complexity index is 927. The van der Waals surface area contributed by atoms with Gasteiger partial charge in [-0.25, -0.2) is 9.97 Å². The lowest BCUT2D eigenvalue weighted by Gasteiger charge is -2.29. The number of hydrogen-bond acceptors (Lipinski definition) is 4. The van der Waals surface area contributed by atoms with Gasteiger partial charge in [0.25, 0.3) is 0 Å². The molecule has 1 saturated heterocycles. The predicted molar refractivity (Wildman–Crippen MR) is 105 cm³/mol. The van der Waals surface area contributed by atoms with Crippen LogP contribution < -0.4 is 10.6 Å². The third-order valence-corrected chi connectivity index (χ3v) is 5.56. The highest BCUT2D eigenvalue weighted by Gasteiger charge is 2.24. The summed E-state index contributed by atoms with van der Waals surface area (Å²) >= 11 is 0. The van der Waals surface area contributed by atoms with Gasteiger partial charge >= 0.3 is 0 Å². The first kappa shape index (κ1) is 15.8. The van der Waals surface area contributed by atoms with E-state index in [-0.39, 0.29) is 0 Å². The summed E-state index contributed by atoms with van der Waals surface area (Å²) in [6.07, 6.45) is 9.06. The first-order chi connectivity index (χ1) is 12.8. The van der Waals surface area contributed by atoms with E-state index in [1.54, 1.807) is 0 Å². The van der Waals surface area contributed by atoms with E-state index in [9.17, 15) is 0 Å². The summed E-state index contributed by atoms with van der Waals surface area (Å²) in [5.41, 5.74) is 4.42. The van der Waals surface area contributed by atoms with Gasteiger partial charge in [0.15, 0.2) is 0 Å². The van der Waals surface area contributed by atoms with E-state index in [0.717, 1.165) is 48.2 Å². The second kappa shape index (κ2) is 6.40. The van der Waals surface area contributed by atoms with Gasteiger partial charge in [-0.15, -0.1) is 0 Å². The average Bonchev–Trinajstić information content (AvgIpc) is 3.41. The van der Waals surface area contributed by atoms with E-state index < -0.39 is 0 Å². The largest absolute Gasteiger partial charge is 0.367 e. The number of hydrogen-bond donors (Lipinski definition) is 2. The van der Waals surface area contributed by atoms with Gasteiger partial charge in [0.05, 0.1) is 17.6 Å². The highest BCUT2D eigenvalue weighted by Crippen LogP contribution is 2.40. The van der Waals surface area contributed by atoms with Crippen LogP contribution >= 0.6 is 0 Å². The molecule has 2 fully saturated rings. The molecule has 2 aliphatic rings. The van der Waals surface area contributed by atoms with Crippen LogP contribution in [0, 0.1) is 0 Å². The average molecular weight is 347 g/mol. The third kappa shape index (κ3) is 3.07. The van der Waals surface area contributed by atoms with Gasteiger partial charge in [-0.3, -0.25) is 4.40 Å². The molecule has 1 saturated carbocycles. The SMILES string of the molecule is C[C@H]1C[C@@H](Nc2cccc(-c3cnc4ccc(C5CC5)cn34)n2)CCN1. The van der Waals surface area contributed by atoms with Crippen LogP contribution in [-0.4, -0.2) is 33.0 Å². The highest BCUT2D eigenvalue weighted by atomic mass is 15.1. The van der Waals surface area contributed by atoms with Gasteiger partial charge in [0, 0.05) is 18.3 Å². The van der Waals surface area contributed by atoms with Crippen LogP contribution in [0.25, 0.3) is 17.0 Å². The Labute approximate surface area is 153 Å². The maximum Gasteiger partial charge on any atom is 0.137 e. The Hall–Kier alpha value is -2.40. The normalized spacial score (nSPS) is 23.3. The summed E-state index contributed by atoms with van der Waals surface area (Å²) in [5, 5.41) is 7.12. The molecule has 0 spiro atoms. The molecule has 0 unspecified atom stereocenters. The smallest absolute Gasteiger partial charge is 0.137 e. The number of pyridine rings is 2. The molecule has 0 aromatic carbocycles. The Morgan fingerprint density at radius 1 is 1.15 bits per heavy atom. The van der Waals surface area contributed by atoms with Crippen molar-refractivity contribution in [2.75, 3.05) is 11.9 Å². The maximum atomic E-state index is 4.88. The number of nitrogens with one attached hydrogen (secondary N) is 2. The van der Waals surface area contributed by atoms with E-state index in [0.29, 0.717) is 12.1 Å². The summed E-state index contributed by atoms with van der Waals surface area (Å²) in [6.45, 7) is 3.31. The zero-order valence-corrected chi connectivity index (χ0v) is 15.2. The minimum absolute atomic E-state index is 0.484. The molecule has 0 radical (unpaired) electrons. The fourth-order valence-electron chi connectivity index (χ4n) is 3.97. The van der Waals surface area contributed by atoms with Crippen molar-refractivity contribution >= 4 is 11.5 Å². The van der Waals surface area contributed by atoms with Crippen LogP contribution in [0.15, 0.2) is 42.7 Å². The lowest BCUT2D eigenvalue weighted by Crippen LogP contribution is -2.41. The molecule has 2 atom stereocenters. The first-order valence-electron chi connectivity index (χ1n) is 9.70. The van der Waals surface area contributed by atoms with Gasteiger partial charge in [-0.2, -0.15) is 0 Å². The molecular formula is C21H25N5. The maximum absolute atomic E-state index is 4.88. The van der Waals surface area contributed by atoms with Gasteiger partial charge in [-0.05, 0) is 68.8 Å². The number of rotatable bonds is 4. The molecule has 134 valence electrons. The van der Waals surface area contributed by atoms with E-state index in [4.69, 9.17) is 4.98 Å². The fourth-order valence-corrected chi connectivity index (χ4v) is 3.97. The molecule has 3 aromatic rings. The quantitative estimate of drug-likeness (QED) is 0.753. The number of fused-ring (bicyclic) bond motifs is 1. The molecule has 0 amide bonds. The highest BCUT2D eigenvalue weighted by molar-refractivity contribution is 5.62. The number of aromatic nitrogens is 3. The summed E-state index contributed by atoms with van der Waals surface area (Å²) in [7, 11) is 0. The zero-order chi connectivity index (χ0) is 17.5. The number of anilines is 1. The summed E-state index contributed by atoms with van der Waals surface area (Å²) < 4.78 is 2.19. The summed E-state index contributed by atoms with van der Waals surface area (Å²) in [5.74, 6) is 1.69. The minimum Gasteiger partial charge on any atom is -0.367 e. The molecule has 26 heavy (non-hydrogen) atoms. The van der Waals surface area contributed by atoms with Crippen LogP contribution in [0.4, 0.5) is 5.82 Å². The number of piperidine rings is 1. The zero-order valence-electron chi connectivity index (χ0n) is 15.2. The minimum atomic E-state index is 0.484. The van der Waals surface area contributed by atoms with E-state index in [1.165, 1.54) is 18.4 Å². The molecule has 5 rings (SSSR count). The van der Waals surface area contributed by atoms with Crippen LogP contribution in [0.1, 0.15) is 44.1 Å². The number of nitrogens with zero attached hydrogens (tertiary/aromatic N) is 3. The van der Waals surface area contributed by atoms with E-state index in [1.807, 2.05) is 6.20 Å². The molecule has 0 bridgehead atoms.